The molecule has 0 fully saturated rings. The third kappa shape index (κ3) is 5.50. The molecule has 0 amide bonds. The first-order chi connectivity index (χ1) is 6.18. The van der Waals surface area contributed by atoms with Gasteiger partial charge in [0.2, 0.25) is 0 Å². The zero-order chi connectivity index (χ0) is 9.68. The fraction of sp³-hybridized carbons (Fsp3) is 0.222. The average molecular weight is 225 g/mol. The molecule has 0 saturated carbocycles. The maximum Gasteiger partial charge on any atom is 1.00 e. The van der Waals surface area contributed by atoms with Gasteiger partial charge >= 0.3 is 35.5 Å². The molecule has 0 bridgehead atoms. The Balaban J connectivity index is 0. The molecule has 0 aliphatic carbocycles. The van der Waals surface area contributed by atoms with Gasteiger partial charge in [0.25, 0.3) is 0 Å². The molecule has 0 spiro atoms. The first-order valence-electron chi connectivity index (χ1n) is 3.78. The summed E-state index contributed by atoms with van der Waals surface area (Å²) < 4.78 is 5.13. The second-order valence-corrected chi connectivity index (χ2v) is 2.89. The summed E-state index contributed by atoms with van der Waals surface area (Å²) in [4.78, 5) is 10.2. The third-order valence-corrected chi connectivity index (χ3v) is 1.62. The predicted octanol–water partition coefficient (Wildman–Crippen LogP) is -0.690. The van der Waals surface area contributed by atoms with Gasteiger partial charge in [-0.3, -0.25) is 4.79 Å². The molecule has 0 saturated heterocycles. The Morgan fingerprint density at radius 3 is 2.86 bits per heavy atom. The fourth-order valence-electron chi connectivity index (χ4n) is 0.813. The van der Waals surface area contributed by atoms with Crippen LogP contribution in [0.25, 0.3) is 0 Å². The van der Waals surface area contributed by atoms with E-state index in [4.69, 9.17) is 21.4 Å². The van der Waals surface area contributed by atoms with Gasteiger partial charge in [0.15, 0.2) is 0 Å². The summed E-state index contributed by atoms with van der Waals surface area (Å²) in [5.41, 5.74) is 0. The van der Waals surface area contributed by atoms with E-state index >= 15 is 0 Å². The van der Waals surface area contributed by atoms with E-state index in [1.54, 1.807) is 24.3 Å². The number of hydrogen-bond donors (Lipinski definition) is 1. The van der Waals surface area contributed by atoms with Gasteiger partial charge in [-0.1, -0.05) is 17.7 Å². The molecule has 5 heteroatoms. The SMILES string of the molecule is O=C(O)CCOc1cccc(Cl)c1.[H-].[Na+]. The Hall–Kier alpha value is -0.220. The summed E-state index contributed by atoms with van der Waals surface area (Å²) in [5.74, 6) is -0.282. The second-order valence-electron chi connectivity index (χ2n) is 2.45. The Kier molecular flexibility index (Phi) is 7.01. The first-order valence-corrected chi connectivity index (χ1v) is 4.16. The predicted molar refractivity (Wildman–Crippen MR) is 50.3 cm³/mol. The van der Waals surface area contributed by atoms with Gasteiger partial charge in [-0.15, -0.1) is 0 Å². The van der Waals surface area contributed by atoms with Crippen LogP contribution in [0.2, 0.25) is 5.02 Å². The molecule has 0 heterocycles. The molecule has 1 aromatic carbocycles. The van der Waals surface area contributed by atoms with Crippen LogP contribution in [-0.4, -0.2) is 17.7 Å². The van der Waals surface area contributed by atoms with E-state index in [1.165, 1.54) is 0 Å². The second kappa shape index (κ2) is 7.12. The topological polar surface area (TPSA) is 46.5 Å². The van der Waals surface area contributed by atoms with Gasteiger partial charge in [-0.2, -0.15) is 0 Å². The number of benzene rings is 1. The summed E-state index contributed by atoms with van der Waals surface area (Å²) in [6.45, 7) is 0.162. The van der Waals surface area contributed by atoms with Crippen molar-refractivity contribution in [3.8, 4) is 5.75 Å². The number of hydrogen-bond acceptors (Lipinski definition) is 2. The van der Waals surface area contributed by atoms with Crippen molar-refractivity contribution in [2.45, 2.75) is 6.42 Å². The van der Waals surface area contributed by atoms with E-state index in [0.717, 1.165) is 0 Å². The van der Waals surface area contributed by atoms with E-state index in [0.29, 0.717) is 10.8 Å². The van der Waals surface area contributed by atoms with Crippen molar-refractivity contribution in [3.63, 3.8) is 0 Å². The van der Waals surface area contributed by atoms with Gasteiger partial charge in [-0.05, 0) is 18.2 Å². The number of carboxylic acids is 1. The Morgan fingerprint density at radius 2 is 2.29 bits per heavy atom. The van der Waals surface area contributed by atoms with Crippen molar-refractivity contribution in [3.05, 3.63) is 29.3 Å². The number of halogens is 1. The number of carbonyl (C=O) groups is 1. The van der Waals surface area contributed by atoms with E-state index in [2.05, 4.69) is 0 Å². The van der Waals surface area contributed by atoms with Gasteiger partial charge in [0.1, 0.15) is 5.75 Å². The Morgan fingerprint density at radius 1 is 1.57 bits per heavy atom. The van der Waals surface area contributed by atoms with Crippen LogP contribution in [0.5, 0.6) is 5.75 Å². The molecule has 1 aromatic rings. The third-order valence-electron chi connectivity index (χ3n) is 1.38. The van der Waals surface area contributed by atoms with Gasteiger partial charge < -0.3 is 11.3 Å². The summed E-state index contributed by atoms with van der Waals surface area (Å²) >= 11 is 5.69. The molecule has 72 valence electrons. The van der Waals surface area contributed by atoms with E-state index in [9.17, 15) is 4.79 Å². The van der Waals surface area contributed by atoms with Crippen LogP contribution in [0.4, 0.5) is 0 Å². The van der Waals surface area contributed by atoms with Crippen molar-refractivity contribution in [1.29, 1.82) is 0 Å². The molecule has 14 heavy (non-hydrogen) atoms. The maximum absolute atomic E-state index is 10.2. The summed E-state index contributed by atoms with van der Waals surface area (Å²) in [6.07, 6.45) is -0.00743. The smallest absolute Gasteiger partial charge is 1.00 e. The average Bonchev–Trinajstić information content (AvgIpc) is 2.03. The van der Waals surface area contributed by atoms with Crippen LogP contribution in [-0.2, 0) is 4.79 Å². The molecule has 0 aliphatic rings. The van der Waals surface area contributed by atoms with E-state index < -0.39 is 5.97 Å². The van der Waals surface area contributed by atoms with Crippen LogP contribution in [0.1, 0.15) is 7.85 Å². The number of carboxylic acid groups (broad SMARTS) is 1. The van der Waals surface area contributed by atoms with Gasteiger partial charge in [0.05, 0.1) is 13.0 Å². The normalized spacial score (nSPS) is 8.93. The molecule has 3 nitrogen and oxygen atoms in total. The van der Waals surface area contributed by atoms with Crippen LogP contribution in [0.3, 0.4) is 0 Å². The molecule has 0 aromatic heterocycles. The van der Waals surface area contributed by atoms with E-state index in [1.807, 2.05) is 0 Å². The summed E-state index contributed by atoms with van der Waals surface area (Å²) in [6, 6.07) is 6.85. The standard InChI is InChI=1S/C9H9ClO3.Na.H/c10-7-2-1-3-8(6-7)13-5-4-9(11)12;;/h1-3,6H,4-5H2,(H,11,12);;/q;+1;-1. The zero-order valence-electron chi connectivity index (χ0n) is 8.87. The summed E-state index contributed by atoms with van der Waals surface area (Å²) in [5, 5.41) is 8.92. The quantitative estimate of drug-likeness (QED) is 0.689. The van der Waals surface area contributed by atoms with Crippen LogP contribution >= 0.6 is 11.6 Å². The van der Waals surface area contributed by atoms with Crippen molar-refractivity contribution < 1.29 is 45.6 Å². The van der Waals surface area contributed by atoms with Crippen LogP contribution in [0.15, 0.2) is 24.3 Å². The van der Waals surface area contributed by atoms with Crippen molar-refractivity contribution in [2.75, 3.05) is 6.61 Å². The van der Waals surface area contributed by atoms with Crippen molar-refractivity contribution >= 4 is 17.6 Å². The van der Waals surface area contributed by atoms with Gasteiger partial charge in [0, 0.05) is 5.02 Å². The fourth-order valence-corrected chi connectivity index (χ4v) is 0.993. The molecule has 1 rings (SSSR count). The van der Waals surface area contributed by atoms with Crippen LogP contribution < -0.4 is 34.3 Å². The minimum Gasteiger partial charge on any atom is -1.00 e. The minimum atomic E-state index is -0.873. The number of ether oxygens (including phenoxy) is 1. The van der Waals surface area contributed by atoms with Gasteiger partial charge in [-0.25, -0.2) is 0 Å². The summed E-state index contributed by atoms with van der Waals surface area (Å²) in [7, 11) is 0. The maximum atomic E-state index is 10.2. The van der Waals surface area contributed by atoms with Crippen molar-refractivity contribution in [1.82, 2.24) is 0 Å². The van der Waals surface area contributed by atoms with E-state index in [-0.39, 0.29) is 44.0 Å². The largest absolute Gasteiger partial charge is 1.00 e. The molecule has 1 N–H and O–H groups in total. The molecule has 0 radical (unpaired) electrons. The molecular weight excluding hydrogens is 215 g/mol. The Bertz CT molecular complexity index is 309. The molecule has 0 atom stereocenters. The molecular formula is C9H10ClNaO3. The monoisotopic (exact) mass is 224 g/mol. The molecule has 0 aliphatic heterocycles. The Labute approximate surface area is 111 Å². The van der Waals surface area contributed by atoms with Crippen molar-refractivity contribution in [2.24, 2.45) is 0 Å². The van der Waals surface area contributed by atoms with Crippen LogP contribution in [0, 0.1) is 0 Å². The number of aliphatic carboxylic acids is 1. The number of rotatable bonds is 4. The molecule has 0 unspecified atom stereocenters. The zero-order valence-corrected chi connectivity index (χ0v) is 10.6. The first kappa shape index (κ1) is 13.8. The minimum absolute atomic E-state index is 0.